The Bertz CT molecular complexity index is 350. The number of halogens is 1. The first kappa shape index (κ1) is 11.1. The average Bonchev–Trinajstić information content (AvgIpc) is 2.01. The summed E-state index contributed by atoms with van der Waals surface area (Å²) in [5.74, 6) is 1.05. The topological polar surface area (TPSA) is 42.9 Å². The Balaban J connectivity index is 3.17. The summed E-state index contributed by atoms with van der Waals surface area (Å²) in [5, 5.41) is 0.253. The fourth-order valence-electron chi connectivity index (χ4n) is 1.26. The van der Waals surface area contributed by atoms with Gasteiger partial charge in [-0.1, -0.05) is 25.4 Å². The van der Waals surface area contributed by atoms with Crippen LogP contribution < -0.4 is 0 Å². The molecule has 0 atom stereocenters. The Morgan fingerprint density at radius 1 is 1.43 bits per heavy atom. The van der Waals surface area contributed by atoms with Crippen LogP contribution in [-0.4, -0.2) is 16.3 Å². The number of aryl methyl sites for hydroxylation is 1. The molecule has 0 N–H and O–H groups in total. The lowest BCUT2D eigenvalue weighted by atomic mass is 10.1. The third-order valence-electron chi connectivity index (χ3n) is 1.81. The number of carbonyl (C=O) groups is 1. The largest absolute Gasteiger partial charge is 0.298 e. The van der Waals surface area contributed by atoms with Crippen molar-refractivity contribution in [3.05, 3.63) is 22.2 Å². The zero-order valence-corrected chi connectivity index (χ0v) is 9.30. The van der Waals surface area contributed by atoms with Gasteiger partial charge in [0.2, 0.25) is 0 Å². The molecule has 76 valence electrons. The molecule has 0 aliphatic heterocycles. The van der Waals surface area contributed by atoms with Crippen LogP contribution in [0.4, 0.5) is 0 Å². The fourth-order valence-corrected chi connectivity index (χ4v) is 1.54. The van der Waals surface area contributed by atoms with Crippen LogP contribution in [0.25, 0.3) is 0 Å². The molecule has 0 bridgehead atoms. The van der Waals surface area contributed by atoms with Crippen molar-refractivity contribution >= 4 is 17.9 Å². The highest BCUT2D eigenvalue weighted by atomic mass is 35.5. The number of aldehydes is 1. The molecule has 14 heavy (non-hydrogen) atoms. The Hall–Kier alpha value is -0.960. The maximum absolute atomic E-state index is 10.8. The molecule has 1 rings (SSSR count). The Morgan fingerprint density at radius 3 is 2.57 bits per heavy atom. The van der Waals surface area contributed by atoms with Crippen LogP contribution in [0, 0.1) is 12.8 Å². The highest BCUT2D eigenvalue weighted by Gasteiger charge is 2.11. The number of nitrogens with zero attached hydrogens (tertiary/aromatic N) is 2. The van der Waals surface area contributed by atoms with Gasteiger partial charge in [0.05, 0.1) is 11.3 Å². The molecule has 3 nitrogen and oxygen atoms in total. The fraction of sp³-hybridized carbons (Fsp3) is 0.500. The van der Waals surface area contributed by atoms with Gasteiger partial charge in [-0.3, -0.25) is 4.79 Å². The van der Waals surface area contributed by atoms with Crippen molar-refractivity contribution in [3.63, 3.8) is 0 Å². The van der Waals surface area contributed by atoms with Gasteiger partial charge >= 0.3 is 0 Å². The van der Waals surface area contributed by atoms with Gasteiger partial charge in [-0.25, -0.2) is 9.97 Å². The molecular weight excluding hydrogens is 200 g/mol. The van der Waals surface area contributed by atoms with Crippen molar-refractivity contribution in [3.8, 4) is 0 Å². The minimum Gasteiger partial charge on any atom is -0.298 e. The monoisotopic (exact) mass is 212 g/mol. The molecular formula is C10H13ClN2O. The predicted octanol–water partition coefficient (Wildman–Crippen LogP) is 2.45. The lowest BCUT2D eigenvalue weighted by Gasteiger charge is -2.08. The number of carbonyl (C=O) groups excluding carboxylic acids is 1. The summed E-state index contributed by atoms with van der Waals surface area (Å²) in [4.78, 5) is 18.9. The highest BCUT2D eigenvalue weighted by molar-refractivity contribution is 6.31. The lowest BCUT2D eigenvalue weighted by molar-refractivity contribution is 0.112. The molecule has 0 aliphatic rings. The normalized spacial score (nSPS) is 10.6. The van der Waals surface area contributed by atoms with Gasteiger partial charge in [-0.05, 0) is 19.3 Å². The van der Waals surface area contributed by atoms with Gasteiger partial charge in [0.25, 0.3) is 0 Å². The average molecular weight is 213 g/mol. The van der Waals surface area contributed by atoms with Crippen molar-refractivity contribution < 1.29 is 4.79 Å². The maximum Gasteiger partial charge on any atom is 0.155 e. The van der Waals surface area contributed by atoms with Crippen LogP contribution in [0.15, 0.2) is 0 Å². The number of hydrogen-bond acceptors (Lipinski definition) is 3. The molecule has 0 unspecified atom stereocenters. The summed E-state index contributed by atoms with van der Waals surface area (Å²) in [5.41, 5.74) is 1.17. The third kappa shape index (κ3) is 2.51. The number of aromatic nitrogens is 2. The van der Waals surface area contributed by atoms with E-state index in [-0.39, 0.29) is 5.15 Å². The molecule has 0 amide bonds. The van der Waals surface area contributed by atoms with Crippen LogP contribution >= 0.6 is 11.6 Å². The van der Waals surface area contributed by atoms with E-state index < -0.39 is 0 Å². The lowest BCUT2D eigenvalue weighted by Crippen LogP contribution is -2.06. The van der Waals surface area contributed by atoms with E-state index in [9.17, 15) is 4.79 Å². The van der Waals surface area contributed by atoms with Gasteiger partial charge < -0.3 is 0 Å². The Kier molecular flexibility index (Phi) is 3.58. The number of hydrogen-bond donors (Lipinski definition) is 0. The summed E-state index contributed by atoms with van der Waals surface area (Å²) < 4.78 is 0. The van der Waals surface area contributed by atoms with Crippen molar-refractivity contribution in [2.24, 2.45) is 5.92 Å². The van der Waals surface area contributed by atoms with Crippen LogP contribution in [0.1, 0.15) is 35.7 Å². The molecule has 0 spiro atoms. The van der Waals surface area contributed by atoms with Gasteiger partial charge in [0.15, 0.2) is 6.29 Å². The molecule has 0 radical (unpaired) electrons. The molecule has 0 fully saturated rings. The van der Waals surface area contributed by atoms with E-state index in [1.165, 1.54) is 0 Å². The minimum atomic E-state index is 0.253. The summed E-state index contributed by atoms with van der Waals surface area (Å²) in [6.45, 7) is 5.91. The van der Waals surface area contributed by atoms with E-state index in [1.54, 1.807) is 6.92 Å². The molecule has 0 aromatic carbocycles. The third-order valence-corrected chi connectivity index (χ3v) is 2.10. The van der Waals surface area contributed by atoms with E-state index in [1.807, 2.05) is 0 Å². The second-order valence-corrected chi connectivity index (χ2v) is 4.00. The van der Waals surface area contributed by atoms with Gasteiger partial charge in [-0.15, -0.1) is 0 Å². The molecule has 1 aromatic rings. The summed E-state index contributed by atoms with van der Waals surface area (Å²) in [7, 11) is 0. The van der Waals surface area contributed by atoms with Crippen molar-refractivity contribution in [1.29, 1.82) is 0 Å². The molecule has 0 saturated carbocycles. The standard InChI is InChI=1S/C10H13ClN2O/c1-6(2)4-9-8(5-14)10(11)13-7(3)12-9/h5-6H,4H2,1-3H3. The van der Waals surface area contributed by atoms with Gasteiger partial charge in [-0.2, -0.15) is 0 Å². The van der Waals surface area contributed by atoms with Crippen molar-refractivity contribution in [2.75, 3.05) is 0 Å². The van der Waals surface area contributed by atoms with Crippen LogP contribution in [0.2, 0.25) is 5.15 Å². The summed E-state index contributed by atoms with van der Waals surface area (Å²) >= 11 is 5.84. The Labute approximate surface area is 88.5 Å². The zero-order valence-electron chi connectivity index (χ0n) is 8.54. The summed E-state index contributed by atoms with van der Waals surface area (Å²) in [6.07, 6.45) is 1.47. The van der Waals surface area contributed by atoms with E-state index >= 15 is 0 Å². The Morgan fingerprint density at radius 2 is 2.07 bits per heavy atom. The smallest absolute Gasteiger partial charge is 0.155 e. The summed E-state index contributed by atoms with van der Waals surface area (Å²) in [6, 6.07) is 0. The highest BCUT2D eigenvalue weighted by Crippen LogP contribution is 2.17. The zero-order chi connectivity index (χ0) is 10.7. The van der Waals surface area contributed by atoms with Gasteiger partial charge in [0.1, 0.15) is 11.0 Å². The van der Waals surface area contributed by atoms with Crippen molar-refractivity contribution in [1.82, 2.24) is 9.97 Å². The van der Waals surface area contributed by atoms with E-state index in [0.717, 1.165) is 18.4 Å². The quantitative estimate of drug-likeness (QED) is 0.571. The second-order valence-electron chi connectivity index (χ2n) is 3.64. The number of rotatable bonds is 3. The molecule has 4 heteroatoms. The second kappa shape index (κ2) is 4.51. The first-order valence-corrected chi connectivity index (χ1v) is 4.90. The maximum atomic E-state index is 10.8. The van der Waals surface area contributed by atoms with E-state index in [4.69, 9.17) is 11.6 Å². The van der Waals surface area contributed by atoms with Crippen LogP contribution in [0.5, 0.6) is 0 Å². The predicted molar refractivity (Wildman–Crippen MR) is 55.7 cm³/mol. The molecule has 1 aromatic heterocycles. The van der Waals surface area contributed by atoms with Crippen LogP contribution in [0.3, 0.4) is 0 Å². The minimum absolute atomic E-state index is 0.253. The van der Waals surface area contributed by atoms with Crippen molar-refractivity contribution in [2.45, 2.75) is 27.2 Å². The molecule has 0 aliphatic carbocycles. The van der Waals surface area contributed by atoms with E-state index in [0.29, 0.717) is 17.3 Å². The molecule has 0 saturated heterocycles. The first-order valence-electron chi connectivity index (χ1n) is 4.52. The van der Waals surface area contributed by atoms with Gasteiger partial charge in [0, 0.05) is 0 Å². The van der Waals surface area contributed by atoms with Crippen LogP contribution in [-0.2, 0) is 6.42 Å². The first-order chi connectivity index (χ1) is 6.54. The molecule has 1 heterocycles. The SMILES string of the molecule is Cc1nc(Cl)c(C=O)c(CC(C)C)n1. The van der Waals surface area contributed by atoms with E-state index in [2.05, 4.69) is 23.8 Å².